The number of aromatic nitrogens is 2. The highest BCUT2D eigenvalue weighted by Gasteiger charge is 2.21. The van der Waals surface area contributed by atoms with Crippen LogP contribution >= 0.6 is 0 Å². The Morgan fingerprint density at radius 1 is 1.45 bits per heavy atom. The van der Waals surface area contributed by atoms with Gasteiger partial charge in [-0.1, -0.05) is 30.3 Å². The molecule has 0 bridgehead atoms. The predicted octanol–water partition coefficient (Wildman–Crippen LogP) is 1.68. The fraction of sp³-hybridized carbons (Fsp3) is 0.286. The molecule has 0 fully saturated rings. The molecule has 0 aliphatic rings. The molecule has 1 heterocycles. The molecule has 0 saturated heterocycles. The van der Waals surface area contributed by atoms with Gasteiger partial charge in [0, 0.05) is 0 Å². The lowest BCUT2D eigenvalue weighted by molar-refractivity contribution is -0.385. The summed E-state index contributed by atoms with van der Waals surface area (Å²) in [5.41, 5.74) is 0.700. The van der Waals surface area contributed by atoms with Crippen molar-refractivity contribution >= 4 is 11.6 Å². The van der Waals surface area contributed by atoms with E-state index in [1.807, 2.05) is 37.3 Å². The molecule has 116 valence electrons. The number of methoxy groups -OCH3 is 1. The van der Waals surface area contributed by atoms with Gasteiger partial charge in [0.15, 0.2) is 0 Å². The smallest absolute Gasteiger partial charge is 0.350 e. The van der Waals surface area contributed by atoms with Crippen LogP contribution in [0.25, 0.3) is 0 Å². The minimum absolute atomic E-state index is 0.117. The summed E-state index contributed by atoms with van der Waals surface area (Å²) in [5, 5.41) is 17.5. The molecule has 0 saturated carbocycles. The number of amides is 1. The first-order valence-electron chi connectivity index (χ1n) is 6.61. The topological polar surface area (TPSA) is 99.3 Å². The zero-order valence-electron chi connectivity index (χ0n) is 12.2. The van der Waals surface area contributed by atoms with E-state index in [0.717, 1.165) is 5.56 Å². The van der Waals surface area contributed by atoms with Crippen molar-refractivity contribution in [3.8, 4) is 5.88 Å². The molecule has 0 radical (unpaired) electrons. The van der Waals surface area contributed by atoms with Crippen LogP contribution in [0.15, 0.2) is 36.5 Å². The molecule has 1 aromatic carbocycles. The summed E-state index contributed by atoms with van der Waals surface area (Å²) in [6.07, 6.45) is 1.17. The van der Waals surface area contributed by atoms with Gasteiger partial charge in [0.25, 0.3) is 0 Å². The fourth-order valence-corrected chi connectivity index (χ4v) is 2.00. The summed E-state index contributed by atoms with van der Waals surface area (Å²) < 4.78 is 6.00. The minimum atomic E-state index is -0.604. The van der Waals surface area contributed by atoms with Crippen molar-refractivity contribution in [2.24, 2.45) is 0 Å². The van der Waals surface area contributed by atoms with Crippen LogP contribution in [0.5, 0.6) is 5.88 Å². The third-order valence-electron chi connectivity index (χ3n) is 3.08. The van der Waals surface area contributed by atoms with E-state index < -0.39 is 4.92 Å². The molecule has 1 aromatic heterocycles. The summed E-state index contributed by atoms with van der Waals surface area (Å²) in [4.78, 5) is 22.2. The van der Waals surface area contributed by atoms with E-state index in [4.69, 9.17) is 4.74 Å². The highest BCUT2D eigenvalue weighted by molar-refractivity contribution is 5.76. The first-order chi connectivity index (χ1) is 10.5. The maximum Gasteiger partial charge on any atom is 0.350 e. The first-order valence-corrected chi connectivity index (χ1v) is 6.61. The van der Waals surface area contributed by atoms with Crippen molar-refractivity contribution in [3.63, 3.8) is 0 Å². The highest BCUT2D eigenvalue weighted by atomic mass is 16.6. The monoisotopic (exact) mass is 304 g/mol. The Balaban J connectivity index is 2.02. The van der Waals surface area contributed by atoms with Crippen LogP contribution < -0.4 is 10.1 Å². The van der Waals surface area contributed by atoms with Crippen LogP contribution in [0, 0.1) is 10.1 Å². The van der Waals surface area contributed by atoms with Crippen molar-refractivity contribution in [2.45, 2.75) is 19.5 Å². The lowest BCUT2D eigenvalue weighted by Crippen LogP contribution is -2.30. The van der Waals surface area contributed by atoms with Crippen LogP contribution in [0.3, 0.4) is 0 Å². The number of nitrogens with one attached hydrogen (secondary N) is 1. The van der Waals surface area contributed by atoms with E-state index in [9.17, 15) is 14.9 Å². The van der Waals surface area contributed by atoms with Crippen LogP contribution in [0.1, 0.15) is 18.5 Å². The molecule has 8 nitrogen and oxygen atoms in total. The third-order valence-corrected chi connectivity index (χ3v) is 3.08. The summed E-state index contributed by atoms with van der Waals surface area (Å²) in [6, 6.07) is 9.33. The quantitative estimate of drug-likeness (QED) is 0.646. The Morgan fingerprint density at radius 3 is 2.68 bits per heavy atom. The third kappa shape index (κ3) is 3.60. The second kappa shape index (κ2) is 6.70. The molecule has 8 heteroatoms. The first kappa shape index (κ1) is 15.5. The Morgan fingerprint density at radius 2 is 2.14 bits per heavy atom. The Bertz CT molecular complexity index is 669. The number of ether oxygens (including phenoxy) is 1. The fourth-order valence-electron chi connectivity index (χ4n) is 2.00. The number of hydrogen-bond acceptors (Lipinski definition) is 5. The van der Waals surface area contributed by atoms with Gasteiger partial charge in [-0.2, -0.15) is 0 Å². The van der Waals surface area contributed by atoms with Crippen molar-refractivity contribution < 1.29 is 14.5 Å². The van der Waals surface area contributed by atoms with Gasteiger partial charge in [-0.05, 0) is 12.5 Å². The largest absolute Gasteiger partial charge is 0.475 e. The van der Waals surface area contributed by atoms with E-state index in [1.54, 1.807) is 0 Å². The van der Waals surface area contributed by atoms with Gasteiger partial charge in [-0.3, -0.25) is 19.6 Å². The van der Waals surface area contributed by atoms with Gasteiger partial charge in [-0.25, -0.2) is 0 Å². The molecule has 2 aromatic rings. The molecule has 1 unspecified atom stereocenters. The Hall–Kier alpha value is -2.90. The zero-order valence-corrected chi connectivity index (χ0v) is 12.2. The number of hydrogen-bond donors (Lipinski definition) is 1. The van der Waals surface area contributed by atoms with Crippen LogP contribution in [0.2, 0.25) is 0 Å². The van der Waals surface area contributed by atoms with Gasteiger partial charge in [0.2, 0.25) is 5.91 Å². The Kier molecular flexibility index (Phi) is 4.72. The SMILES string of the molecule is COc1nn(CC(=O)NC(C)c2ccccc2)cc1[N+](=O)[O-]. The van der Waals surface area contributed by atoms with E-state index >= 15 is 0 Å². The van der Waals surface area contributed by atoms with Gasteiger partial charge in [0.1, 0.15) is 12.7 Å². The lowest BCUT2D eigenvalue weighted by atomic mass is 10.1. The molecule has 1 amide bonds. The number of carbonyl (C=O) groups is 1. The van der Waals surface area contributed by atoms with E-state index in [1.165, 1.54) is 18.0 Å². The van der Waals surface area contributed by atoms with E-state index in [-0.39, 0.29) is 30.1 Å². The Labute approximate surface area is 126 Å². The number of nitro groups is 1. The molecule has 0 aliphatic carbocycles. The molecular weight excluding hydrogens is 288 g/mol. The normalized spacial score (nSPS) is 11.7. The standard InChI is InChI=1S/C14H16N4O4/c1-10(11-6-4-3-5-7-11)15-13(19)9-17-8-12(18(20)21)14(16-17)22-2/h3-8,10H,9H2,1-2H3,(H,15,19). The average molecular weight is 304 g/mol. The molecule has 22 heavy (non-hydrogen) atoms. The van der Waals surface area contributed by atoms with Gasteiger partial charge < -0.3 is 10.1 Å². The molecular formula is C14H16N4O4. The van der Waals surface area contributed by atoms with Crippen molar-refractivity contribution in [2.75, 3.05) is 7.11 Å². The minimum Gasteiger partial charge on any atom is -0.475 e. The molecule has 1 N–H and O–H groups in total. The van der Waals surface area contributed by atoms with Crippen molar-refractivity contribution in [1.29, 1.82) is 0 Å². The second-order valence-electron chi connectivity index (χ2n) is 4.68. The summed E-state index contributed by atoms with van der Waals surface area (Å²) >= 11 is 0. The van der Waals surface area contributed by atoms with Crippen molar-refractivity contribution in [3.05, 3.63) is 52.2 Å². The molecule has 0 aliphatic heterocycles. The summed E-state index contributed by atoms with van der Waals surface area (Å²) in [6.45, 7) is 1.74. The lowest BCUT2D eigenvalue weighted by Gasteiger charge is -2.14. The highest BCUT2D eigenvalue weighted by Crippen LogP contribution is 2.23. The number of benzene rings is 1. The van der Waals surface area contributed by atoms with Crippen LogP contribution in [-0.4, -0.2) is 27.7 Å². The average Bonchev–Trinajstić information content (AvgIpc) is 2.91. The second-order valence-corrected chi connectivity index (χ2v) is 4.68. The summed E-state index contributed by atoms with van der Waals surface area (Å²) in [5.74, 6) is -0.412. The maximum atomic E-state index is 12.0. The zero-order chi connectivity index (χ0) is 16.1. The molecule has 0 spiro atoms. The van der Waals surface area contributed by atoms with Crippen LogP contribution in [-0.2, 0) is 11.3 Å². The van der Waals surface area contributed by atoms with Crippen LogP contribution in [0.4, 0.5) is 5.69 Å². The van der Waals surface area contributed by atoms with E-state index in [0.29, 0.717) is 0 Å². The van der Waals surface area contributed by atoms with Crippen molar-refractivity contribution in [1.82, 2.24) is 15.1 Å². The number of nitrogens with zero attached hydrogens (tertiary/aromatic N) is 3. The van der Waals surface area contributed by atoms with E-state index in [2.05, 4.69) is 10.4 Å². The number of carbonyl (C=O) groups excluding carboxylic acids is 1. The maximum absolute atomic E-state index is 12.0. The number of rotatable bonds is 6. The van der Waals surface area contributed by atoms with Gasteiger partial charge in [-0.15, -0.1) is 5.10 Å². The van der Waals surface area contributed by atoms with Gasteiger partial charge in [0.05, 0.1) is 18.1 Å². The summed E-state index contributed by atoms with van der Waals surface area (Å²) in [7, 11) is 1.29. The molecule has 2 rings (SSSR count). The van der Waals surface area contributed by atoms with Gasteiger partial charge >= 0.3 is 11.6 Å². The predicted molar refractivity (Wildman–Crippen MR) is 78.4 cm³/mol. The molecule has 1 atom stereocenters.